The van der Waals surface area contributed by atoms with Gasteiger partial charge in [-0.05, 0) is 36.4 Å². The number of halogens is 7. The molecule has 0 saturated carbocycles. The molecule has 0 spiro atoms. The highest BCUT2D eigenvalue weighted by Gasteiger charge is 2.44. The maximum absolute atomic E-state index is 14.0. The summed E-state index contributed by atoms with van der Waals surface area (Å²) in [5, 5.41) is 0. The van der Waals surface area contributed by atoms with E-state index in [0.29, 0.717) is 24.2 Å². The maximum Gasteiger partial charge on any atom is 0.420 e. The molecule has 2 aliphatic heterocycles. The summed E-state index contributed by atoms with van der Waals surface area (Å²) in [5.41, 5.74) is -4.49. The first-order chi connectivity index (χ1) is 17.8. The molecule has 2 fully saturated rings. The molecule has 7 nitrogen and oxygen atoms in total. The summed E-state index contributed by atoms with van der Waals surface area (Å²) in [5.74, 6) is 0.651. The lowest BCUT2D eigenvalue weighted by Crippen LogP contribution is -2.33. The predicted molar refractivity (Wildman–Crippen MR) is 119 cm³/mol. The van der Waals surface area contributed by atoms with Crippen LogP contribution in [0.1, 0.15) is 11.1 Å². The van der Waals surface area contributed by atoms with Gasteiger partial charge in [0.15, 0.2) is 5.75 Å². The number of hydrogen-bond acceptors (Lipinski definition) is 4. The molecule has 4 rings (SSSR count). The summed E-state index contributed by atoms with van der Waals surface area (Å²) < 4.78 is 106. The third kappa shape index (κ3) is 5.62. The molecule has 0 atom stereocenters. The topological polar surface area (TPSA) is 62.3 Å². The molecule has 2 saturated heterocycles. The van der Waals surface area contributed by atoms with Gasteiger partial charge in [0.25, 0.3) is 0 Å². The molecule has 0 aromatic heterocycles. The smallest absolute Gasteiger partial charge is 0.407 e. The van der Waals surface area contributed by atoms with Gasteiger partial charge in [0.2, 0.25) is 0 Å². The third-order valence-corrected chi connectivity index (χ3v) is 5.72. The fourth-order valence-corrected chi connectivity index (χ4v) is 3.57. The van der Waals surface area contributed by atoms with Crippen LogP contribution in [0.25, 0.3) is 0 Å². The summed E-state index contributed by atoms with van der Waals surface area (Å²) in [6.07, 6.45) is -12.0. The second-order valence-electron chi connectivity index (χ2n) is 8.35. The fourth-order valence-electron chi connectivity index (χ4n) is 3.57. The van der Waals surface area contributed by atoms with E-state index in [1.54, 1.807) is 0 Å². The molecule has 2 aromatic carbocycles. The minimum absolute atomic E-state index is 0.0251. The zero-order valence-electron chi connectivity index (χ0n) is 19.5. The normalized spacial score (nSPS) is 16.2. The first-order valence-electron chi connectivity index (χ1n) is 11.0. The Morgan fingerprint density at radius 3 is 2.26 bits per heavy atom. The van der Waals surface area contributed by atoms with E-state index in [1.165, 1.54) is 0 Å². The Balaban J connectivity index is 1.76. The number of carbonyl (C=O) groups is 2. The number of ether oxygens (including phenoxy) is 2. The van der Waals surface area contributed by atoms with Crippen LogP contribution in [0.4, 0.5) is 51.7 Å². The Bertz CT molecular complexity index is 1300. The summed E-state index contributed by atoms with van der Waals surface area (Å²) in [6.45, 7) is 0.220. The van der Waals surface area contributed by atoms with Gasteiger partial charge in [-0.1, -0.05) is 5.92 Å². The molecular formula is C24H18F7N3O4. The zero-order chi connectivity index (χ0) is 27.8. The predicted octanol–water partition coefficient (Wildman–Crippen LogP) is 5.35. The Morgan fingerprint density at radius 2 is 1.71 bits per heavy atom. The van der Waals surface area contributed by atoms with Crippen molar-refractivity contribution in [1.82, 2.24) is 4.90 Å². The highest BCUT2D eigenvalue weighted by atomic mass is 19.4. The molecule has 2 aliphatic rings. The molecule has 38 heavy (non-hydrogen) atoms. The van der Waals surface area contributed by atoms with Gasteiger partial charge in [0.1, 0.15) is 11.4 Å². The zero-order valence-corrected chi connectivity index (χ0v) is 19.5. The van der Waals surface area contributed by atoms with Gasteiger partial charge in [0.05, 0.1) is 36.9 Å². The lowest BCUT2D eigenvalue weighted by Gasteiger charge is -2.25. The van der Waals surface area contributed by atoms with E-state index in [9.17, 15) is 40.3 Å². The Labute approximate surface area is 211 Å². The first kappa shape index (κ1) is 27.1. The van der Waals surface area contributed by atoms with Gasteiger partial charge in [0, 0.05) is 25.3 Å². The molecule has 2 heterocycles. The number of hydrogen-bond donors (Lipinski definition) is 0. The van der Waals surface area contributed by atoms with Gasteiger partial charge in [-0.15, -0.1) is 0 Å². The van der Waals surface area contributed by atoms with Gasteiger partial charge >= 0.3 is 24.5 Å². The van der Waals surface area contributed by atoms with Crippen LogP contribution in [0.3, 0.4) is 0 Å². The number of amides is 3. The SMILES string of the molecule is CN(C(=O)Oc1c(N2CCN(C#CC3COC3)C2=O)cc(C(F)(F)F)cc1C(F)(F)F)c1ccc(F)cc1. The number of alkyl halides is 6. The van der Waals surface area contributed by atoms with Gasteiger partial charge in [-0.2, -0.15) is 26.3 Å². The van der Waals surface area contributed by atoms with Crippen molar-refractivity contribution in [2.75, 3.05) is 43.2 Å². The van der Waals surface area contributed by atoms with E-state index in [1.807, 2.05) is 0 Å². The van der Waals surface area contributed by atoms with Crippen LogP contribution in [-0.2, 0) is 17.1 Å². The Hall–Kier alpha value is -3.99. The largest absolute Gasteiger partial charge is 0.420 e. The second kappa shape index (κ2) is 10.1. The number of urea groups is 1. The van der Waals surface area contributed by atoms with Crippen LogP contribution in [0.15, 0.2) is 36.4 Å². The molecule has 0 unspecified atom stereocenters. The highest BCUT2D eigenvalue weighted by Crippen LogP contribution is 2.47. The molecule has 14 heteroatoms. The average Bonchev–Trinajstić information content (AvgIpc) is 3.16. The molecule has 202 valence electrons. The van der Waals surface area contributed by atoms with Crippen LogP contribution in [0.5, 0.6) is 5.75 Å². The van der Waals surface area contributed by atoms with Crippen molar-refractivity contribution in [3.05, 3.63) is 53.3 Å². The number of rotatable bonds is 3. The number of nitrogens with zero attached hydrogens (tertiary/aromatic N) is 3. The van der Waals surface area contributed by atoms with E-state index in [-0.39, 0.29) is 30.8 Å². The summed E-state index contributed by atoms with van der Waals surface area (Å²) in [6, 6.07) is 5.92. The van der Waals surface area contributed by atoms with E-state index < -0.39 is 52.9 Å². The van der Waals surface area contributed by atoms with Crippen LogP contribution in [0.2, 0.25) is 0 Å². The summed E-state index contributed by atoms with van der Waals surface area (Å²) in [7, 11) is 1.11. The van der Waals surface area contributed by atoms with Gasteiger partial charge in [-0.3, -0.25) is 14.7 Å². The number of benzene rings is 2. The molecule has 0 radical (unpaired) electrons. The first-order valence-corrected chi connectivity index (χ1v) is 11.0. The molecule has 0 bridgehead atoms. The van der Waals surface area contributed by atoms with Crippen LogP contribution in [0, 0.1) is 23.7 Å². The van der Waals surface area contributed by atoms with Crippen molar-refractivity contribution in [2.24, 2.45) is 5.92 Å². The van der Waals surface area contributed by atoms with Gasteiger partial charge in [-0.25, -0.2) is 14.0 Å². The fraction of sp³-hybridized carbons (Fsp3) is 0.333. The Morgan fingerprint density at radius 1 is 1.05 bits per heavy atom. The van der Waals surface area contributed by atoms with Crippen LogP contribution >= 0.6 is 0 Å². The molecule has 2 aromatic rings. The van der Waals surface area contributed by atoms with E-state index in [4.69, 9.17) is 9.47 Å². The van der Waals surface area contributed by atoms with E-state index in [0.717, 1.165) is 41.1 Å². The lowest BCUT2D eigenvalue weighted by atomic mass is 10.1. The lowest BCUT2D eigenvalue weighted by molar-refractivity contribution is -0.143. The Kier molecular flexibility index (Phi) is 7.16. The monoisotopic (exact) mass is 545 g/mol. The van der Waals surface area contributed by atoms with Crippen LogP contribution < -0.4 is 14.5 Å². The van der Waals surface area contributed by atoms with Crippen molar-refractivity contribution in [2.45, 2.75) is 12.4 Å². The summed E-state index contributed by atoms with van der Waals surface area (Å²) in [4.78, 5) is 28.0. The average molecular weight is 545 g/mol. The van der Waals surface area contributed by atoms with Crippen molar-refractivity contribution >= 4 is 23.5 Å². The quantitative estimate of drug-likeness (QED) is 0.386. The highest BCUT2D eigenvalue weighted by molar-refractivity contribution is 5.98. The van der Waals surface area contributed by atoms with E-state index >= 15 is 0 Å². The van der Waals surface area contributed by atoms with Crippen molar-refractivity contribution in [3.63, 3.8) is 0 Å². The van der Waals surface area contributed by atoms with E-state index in [2.05, 4.69) is 12.0 Å². The van der Waals surface area contributed by atoms with Crippen molar-refractivity contribution in [1.29, 1.82) is 0 Å². The third-order valence-electron chi connectivity index (χ3n) is 5.72. The maximum atomic E-state index is 14.0. The van der Waals surface area contributed by atoms with Crippen molar-refractivity contribution in [3.8, 4) is 17.7 Å². The number of anilines is 2. The molecule has 3 amide bonds. The minimum Gasteiger partial charge on any atom is -0.407 e. The van der Waals surface area contributed by atoms with Crippen LogP contribution in [-0.4, -0.2) is 50.4 Å². The van der Waals surface area contributed by atoms with Gasteiger partial charge < -0.3 is 9.47 Å². The minimum atomic E-state index is -5.40. The molecule has 0 aliphatic carbocycles. The molecular weight excluding hydrogens is 527 g/mol. The standard InChI is InChI=1S/C24H18F7N3O4/c1-32(17-4-2-16(25)3-5-17)22(36)38-20-18(24(29,30)31)10-15(23(26,27)28)11-19(20)34-9-8-33(21(34)35)7-6-14-12-37-13-14/h2-5,10-11,14H,8-9,12-13H2,1H3. The van der Waals surface area contributed by atoms with Crippen molar-refractivity contribution < 1.29 is 49.8 Å². The number of carbonyl (C=O) groups excluding carboxylic acids is 2. The second-order valence-corrected chi connectivity index (χ2v) is 8.35. The summed E-state index contributed by atoms with van der Waals surface area (Å²) >= 11 is 0. The molecule has 0 N–H and O–H groups in total.